The summed E-state index contributed by atoms with van der Waals surface area (Å²) in [6.07, 6.45) is 1.53. The van der Waals surface area contributed by atoms with Crippen molar-refractivity contribution in [3.8, 4) is 17.7 Å². The first-order valence-corrected chi connectivity index (χ1v) is 11.1. The molecule has 1 aliphatic heterocycles. The number of rotatable bonds is 5. The van der Waals surface area contributed by atoms with Crippen LogP contribution in [-0.4, -0.2) is 51.8 Å². The minimum absolute atomic E-state index is 0.00998. The van der Waals surface area contributed by atoms with Gasteiger partial charge in [-0.15, -0.1) is 0 Å². The summed E-state index contributed by atoms with van der Waals surface area (Å²) in [6.45, 7) is 6.73. The van der Waals surface area contributed by atoms with Crippen LogP contribution in [0.4, 0.5) is 5.88 Å². The third-order valence-corrected chi connectivity index (χ3v) is 5.91. The van der Waals surface area contributed by atoms with Crippen LogP contribution in [0.25, 0.3) is 11.7 Å². The summed E-state index contributed by atoms with van der Waals surface area (Å²) < 4.78 is 13.1. The summed E-state index contributed by atoms with van der Waals surface area (Å²) in [5.41, 5.74) is 3.96. The number of aryl methyl sites for hydroxylation is 2. The van der Waals surface area contributed by atoms with Crippen LogP contribution in [0, 0.1) is 25.2 Å². The summed E-state index contributed by atoms with van der Waals surface area (Å²) in [5.74, 6) is 1.14. The van der Waals surface area contributed by atoms with E-state index in [1.165, 1.54) is 6.26 Å². The van der Waals surface area contributed by atoms with Crippen LogP contribution in [0.3, 0.4) is 0 Å². The molecule has 0 aliphatic carbocycles. The molecule has 1 fully saturated rings. The van der Waals surface area contributed by atoms with E-state index in [4.69, 9.17) is 8.83 Å². The number of oxazole rings is 1. The first-order chi connectivity index (χ1) is 16.5. The average Bonchev–Trinajstić information content (AvgIpc) is 3.59. The number of nitriles is 1. The van der Waals surface area contributed by atoms with Crippen LogP contribution in [-0.2, 0) is 6.54 Å². The van der Waals surface area contributed by atoms with E-state index in [0.29, 0.717) is 49.9 Å². The monoisotopic (exact) mass is 456 g/mol. The van der Waals surface area contributed by atoms with Gasteiger partial charge in [-0.25, -0.2) is 0 Å². The molecule has 4 aromatic rings. The molecule has 9 heteroatoms. The van der Waals surface area contributed by atoms with Crippen molar-refractivity contribution in [2.45, 2.75) is 20.4 Å². The second-order valence-corrected chi connectivity index (χ2v) is 8.33. The average molecular weight is 457 g/mol. The minimum Gasteiger partial charge on any atom is -0.459 e. The Morgan fingerprint density at radius 1 is 1.12 bits per heavy atom. The molecule has 4 heterocycles. The first-order valence-electron chi connectivity index (χ1n) is 11.1. The molecule has 5 rings (SSSR count). The maximum Gasteiger partial charge on any atom is 0.266 e. The van der Waals surface area contributed by atoms with Gasteiger partial charge in [0.2, 0.25) is 11.6 Å². The Morgan fingerprint density at radius 3 is 2.62 bits per heavy atom. The molecule has 172 valence electrons. The van der Waals surface area contributed by atoms with E-state index in [9.17, 15) is 10.1 Å². The van der Waals surface area contributed by atoms with E-state index in [2.05, 4.69) is 16.2 Å². The summed E-state index contributed by atoms with van der Waals surface area (Å²) in [4.78, 5) is 21.2. The number of carbonyl (C=O) groups is 1. The molecule has 3 aromatic heterocycles. The first kappa shape index (κ1) is 21.5. The molecule has 0 unspecified atom stereocenters. The summed E-state index contributed by atoms with van der Waals surface area (Å²) in [7, 11) is 0. The van der Waals surface area contributed by atoms with E-state index in [-0.39, 0.29) is 17.5 Å². The van der Waals surface area contributed by atoms with Crippen LogP contribution in [0.1, 0.15) is 33.0 Å². The number of furan rings is 1. The fourth-order valence-electron chi connectivity index (χ4n) is 4.21. The molecular weight excluding hydrogens is 432 g/mol. The molecule has 9 nitrogen and oxygen atoms in total. The minimum atomic E-state index is -0.00998. The number of nitrogens with zero attached hydrogens (tertiary/aromatic N) is 6. The highest BCUT2D eigenvalue weighted by molar-refractivity contribution is 5.94. The van der Waals surface area contributed by atoms with Gasteiger partial charge in [0.25, 0.3) is 11.8 Å². The topological polar surface area (TPSA) is 104 Å². The lowest BCUT2D eigenvalue weighted by atomic mass is 10.1. The Balaban J connectivity index is 1.26. The summed E-state index contributed by atoms with van der Waals surface area (Å²) in [5, 5.41) is 14.0. The molecule has 0 radical (unpaired) electrons. The molecule has 0 saturated carbocycles. The second kappa shape index (κ2) is 8.90. The van der Waals surface area contributed by atoms with Crippen LogP contribution in [0.15, 0.2) is 57.6 Å². The van der Waals surface area contributed by atoms with Crippen LogP contribution >= 0.6 is 0 Å². The van der Waals surface area contributed by atoms with Gasteiger partial charge in [-0.05, 0) is 49.7 Å². The molecule has 1 saturated heterocycles. The van der Waals surface area contributed by atoms with Crippen molar-refractivity contribution in [2.75, 3.05) is 31.1 Å². The molecule has 0 bridgehead atoms. The van der Waals surface area contributed by atoms with Crippen LogP contribution in [0.2, 0.25) is 0 Å². The maximum atomic E-state index is 13.2. The normalized spacial score (nSPS) is 13.8. The van der Waals surface area contributed by atoms with Crippen molar-refractivity contribution in [3.63, 3.8) is 0 Å². The zero-order valence-electron chi connectivity index (χ0n) is 19.1. The lowest BCUT2D eigenvalue weighted by molar-refractivity contribution is 0.0745. The lowest BCUT2D eigenvalue weighted by Crippen LogP contribution is -2.48. The Hall–Kier alpha value is -4.32. The zero-order chi connectivity index (χ0) is 23.7. The Morgan fingerprint density at radius 2 is 1.94 bits per heavy atom. The van der Waals surface area contributed by atoms with Crippen molar-refractivity contribution in [3.05, 3.63) is 76.9 Å². The van der Waals surface area contributed by atoms with Gasteiger partial charge in [-0.3, -0.25) is 9.48 Å². The Bertz CT molecular complexity index is 1350. The number of amides is 1. The van der Waals surface area contributed by atoms with E-state index in [1.807, 2.05) is 58.7 Å². The number of hydrogen-bond donors (Lipinski definition) is 0. The SMILES string of the molecule is Cc1cc(C)n(Cc2cccc(C(=O)N3CCN(c4oc(-c5ccco5)nc4C#N)CC3)c2)n1. The third-order valence-electron chi connectivity index (χ3n) is 5.91. The predicted octanol–water partition coefficient (Wildman–Crippen LogP) is 3.63. The van der Waals surface area contributed by atoms with Crippen LogP contribution < -0.4 is 4.90 Å². The quantitative estimate of drug-likeness (QED) is 0.452. The van der Waals surface area contributed by atoms with E-state index in [0.717, 1.165) is 17.0 Å². The smallest absolute Gasteiger partial charge is 0.266 e. The number of carbonyl (C=O) groups excluding carboxylic acids is 1. The van der Waals surface area contributed by atoms with Gasteiger partial charge >= 0.3 is 0 Å². The Labute approximate surface area is 196 Å². The van der Waals surface area contributed by atoms with E-state index in [1.54, 1.807) is 12.1 Å². The highest BCUT2D eigenvalue weighted by Gasteiger charge is 2.27. The van der Waals surface area contributed by atoms with Gasteiger partial charge < -0.3 is 18.6 Å². The largest absolute Gasteiger partial charge is 0.459 e. The zero-order valence-corrected chi connectivity index (χ0v) is 19.1. The third kappa shape index (κ3) is 4.18. The van der Waals surface area contributed by atoms with Gasteiger partial charge in [-0.1, -0.05) is 12.1 Å². The standard InChI is InChI=1S/C25H24N6O3/c1-17-13-18(2)31(28-17)16-19-5-3-6-20(14-19)24(32)29-8-10-30(11-9-29)25-21(15-26)27-23(34-25)22-7-4-12-33-22/h3-7,12-14H,8-11,16H2,1-2H3. The number of piperazine rings is 1. The van der Waals surface area contributed by atoms with Crippen molar-refractivity contribution >= 4 is 11.8 Å². The van der Waals surface area contributed by atoms with Gasteiger partial charge in [-0.2, -0.15) is 15.3 Å². The van der Waals surface area contributed by atoms with Gasteiger partial charge in [0.15, 0.2) is 5.76 Å². The van der Waals surface area contributed by atoms with Crippen molar-refractivity contribution in [1.82, 2.24) is 19.7 Å². The van der Waals surface area contributed by atoms with E-state index >= 15 is 0 Å². The van der Waals surface area contributed by atoms with Crippen LogP contribution in [0.5, 0.6) is 0 Å². The number of aromatic nitrogens is 3. The highest BCUT2D eigenvalue weighted by Crippen LogP contribution is 2.29. The predicted molar refractivity (Wildman–Crippen MR) is 124 cm³/mol. The molecule has 1 aromatic carbocycles. The van der Waals surface area contributed by atoms with Crippen molar-refractivity contribution in [1.29, 1.82) is 5.26 Å². The summed E-state index contributed by atoms with van der Waals surface area (Å²) >= 11 is 0. The molecule has 34 heavy (non-hydrogen) atoms. The number of benzene rings is 1. The molecular formula is C25H24N6O3. The lowest BCUT2D eigenvalue weighted by Gasteiger charge is -2.34. The number of anilines is 1. The fourth-order valence-corrected chi connectivity index (χ4v) is 4.21. The van der Waals surface area contributed by atoms with Gasteiger partial charge in [0.1, 0.15) is 6.07 Å². The maximum absolute atomic E-state index is 13.2. The highest BCUT2D eigenvalue weighted by atomic mass is 16.4. The Kier molecular flexibility index (Phi) is 5.64. The van der Waals surface area contributed by atoms with E-state index < -0.39 is 0 Å². The fraction of sp³-hybridized carbons (Fsp3) is 0.280. The number of hydrogen-bond acceptors (Lipinski definition) is 7. The van der Waals surface area contributed by atoms with Crippen molar-refractivity contribution in [2.24, 2.45) is 0 Å². The second-order valence-electron chi connectivity index (χ2n) is 8.33. The molecule has 1 amide bonds. The molecule has 1 aliphatic rings. The van der Waals surface area contributed by atoms with Gasteiger partial charge in [0.05, 0.1) is 18.5 Å². The molecule has 0 N–H and O–H groups in total. The van der Waals surface area contributed by atoms with Gasteiger partial charge in [0, 0.05) is 37.4 Å². The molecule has 0 atom stereocenters. The summed E-state index contributed by atoms with van der Waals surface area (Å²) in [6, 6.07) is 15.3. The van der Waals surface area contributed by atoms with Crippen molar-refractivity contribution < 1.29 is 13.6 Å². The molecule has 0 spiro atoms.